The summed E-state index contributed by atoms with van der Waals surface area (Å²) in [5.74, 6) is -0.0178. The molecule has 0 spiro atoms. The molecule has 0 unspecified atom stereocenters. The molecule has 1 rings (SSSR count). The van der Waals surface area contributed by atoms with E-state index in [0.29, 0.717) is 6.42 Å². The van der Waals surface area contributed by atoms with E-state index in [-0.39, 0.29) is 5.91 Å². The monoisotopic (exact) mass is 275 g/mol. The number of rotatable bonds is 9. The maximum Gasteiger partial charge on any atom is 0.240 e. The van der Waals surface area contributed by atoms with Crippen molar-refractivity contribution in [2.75, 3.05) is 0 Å². The van der Waals surface area contributed by atoms with Gasteiger partial charge < -0.3 is 0 Å². The van der Waals surface area contributed by atoms with E-state index in [9.17, 15) is 4.79 Å². The van der Waals surface area contributed by atoms with Crippen LogP contribution in [-0.2, 0) is 4.79 Å². The number of pyridine rings is 1. The van der Waals surface area contributed by atoms with E-state index in [4.69, 9.17) is 0 Å². The predicted molar refractivity (Wildman–Crippen MR) is 82.6 cm³/mol. The summed E-state index contributed by atoms with van der Waals surface area (Å²) in [6.07, 6.45) is 9.36. The zero-order valence-corrected chi connectivity index (χ0v) is 12.6. The van der Waals surface area contributed by atoms with Crippen molar-refractivity contribution in [3.05, 3.63) is 30.1 Å². The van der Waals surface area contributed by atoms with Gasteiger partial charge in [-0.25, -0.2) is 5.43 Å². The number of nitrogens with zero attached hydrogens (tertiary/aromatic N) is 2. The SMILES string of the molecule is CCCCCCCCC(=O)NN=C(C)c1ccccn1. The van der Waals surface area contributed by atoms with Crippen molar-refractivity contribution in [1.82, 2.24) is 10.4 Å². The fourth-order valence-electron chi connectivity index (χ4n) is 1.90. The third-order valence-electron chi connectivity index (χ3n) is 3.14. The van der Waals surface area contributed by atoms with Crippen LogP contribution in [-0.4, -0.2) is 16.6 Å². The minimum atomic E-state index is -0.0178. The van der Waals surface area contributed by atoms with E-state index >= 15 is 0 Å². The standard InChI is InChI=1S/C16H25N3O/c1-3-4-5-6-7-8-12-16(20)19-18-14(2)15-11-9-10-13-17-15/h9-11,13H,3-8,12H2,1-2H3,(H,19,20). The number of hydrogen-bond donors (Lipinski definition) is 1. The zero-order valence-electron chi connectivity index (χ0n) is 12.6. The first kappa shape index (κ1) is 16.3. The topological polar surface area (TPSA) is 54.4 Å². The van der Waals surface area contributed by atoms with Crippen LogP contribution < -0.4 is 5.43 Å². The second-order valence-corrected chi connectivity index (χ2v) is 4.96. The Morgan fingerprint density at radius 2 is 1.95 bits per heavy atom. The molecule has 4 heteroatoms. The van der Waals surface area contributed by atoms with Gasteiger partial charge in [-0.05, 0) is 25.5 Å². The van der Waals surface area contributed by atoms with Crippen LogP contribution in [0.5, 0.6) is 0 Å². The van der Waals surface area contributed by atoms with Gasteiger partial charge in [0.15, 0.2) is 0 Å². The van der Waals surface area contributed by atoms with E-state index in [1.54, 1.807) is 6.20 Å². The van der Waals surface area contributed by atoms with Crippen LogP contribution >= 0.6 is 0 Å². The summed E-state index contributed by atoms with van der Waals surface area (Å²) >= 11 is 0. The molecule has 0 saturated heterocycles. The molecule has 1 aromatic heterocycles. The lowest BCUT2D eigenvalue weighted by Crippen LogP contribution is -2.19. The molecule has 110 valence electrons. The quantitative estimate of drug-likeness (QED) is 0.424. The molecule has 1 N–H and O–H groups in total. The smallest absolute Gasteiger partial charge is 0.240 e. The first-order valence-electron chi connectivity index (χ1n) is 7.48. The summed E-state index contributed by atoms with van der Waals surface area (Å²) < 4.78 is 0. The highest BCUT2D eigenvalue weighted by atomic mass is 16.2. The van der Waals surface area contributed by atoms with Gasteiger partial charge >= 0.3 is 0 Å². The number of unbranched alkanes of at least 4 members (excludes halogenated alkanes) is 5. The van der Waals surface area contributed by atoms with Crippen molar-refractivity contribution in [3.63, 3.8) is 0 Å². The molecule has 0 aliphatic carbocycles. The molecular formula is C16H25N3O. The lowest BCUT2D eigenvalue weighted by Gasteiger charge is -2.02. The average Bonchev–Trinajstić information content (AvgIpc) is 2.49. The first-order valence-corrected chi connectivity index (χ1v) is 7.48. The Morgan fingerprint density at radius 3 is 2.65 bits per heavy atom. The zero-order chi connectivity index (χ0) is 14.6. The molecule has 0 saturated carbocycles. The van der Waals surface area contributed by atoms with Crippen molar-refractivity contribution in [2.45, 2.75) is 58.8 Å². The number of amides is 1. The molecule has 0 aromatic carbocycles. The van der Waals surface area contributed by atoms with Crippen molar-refractivity contribution in [3.8, 4) is 0 Å². The maximum atomic E-state index is 11.6. The third-order valence-corrected chi connectivity index (χ3v) is 3.14. The van der Waals surface area contributed by atoms with E-state index in [1.165, 1.54) is 25.7 Å². The van der Waals surface area contributed by atoms with Gasteiger partial charge in [0.25, 0.3) is 0 Å². The highest BCUT2D eigenvalue weighted by molar-refractivity contribution is 5.97. The molecule has 0 radical (unpaired) electrons. The van der Waals surface area contributed by atoms with Crippen LogP contribution in [0.1, 0.15) is 64.5 Å². The summed E-state index contributed by atoms with van der Waals surface area (Å²) in [5.41, 5.74) is 4.10. The molecule has 1 aromatic rings. The van der Waals surface area contributed by atoms with Crippen LogP contribution in [0.3, 0.4) is 0 Å². The molecule has 20 heavy (non-hydrogen) atoms. The van der Waals surface area contributed by atoms with E-state index in [1.807, 2.05) is 25.1 Å². The molecule has 0 atom stereocenters. The molecule has 1 amide bonds. The molecule has 0 aliphatic rings. The first-order chi connectivity index (χ1) is 9.74. The van der Waals surface area contributed by atoms with E-state index in [2.05, 4.69) is 22.4 Å². The Labute approximate surface area is 121 Å². The number of hydrogen-bond acceptors (Lipinski definition) is 3. The highest BCUT2D eigenvalue weighted by Crippen LogP contribution is 2.06. The van der Waals surface area contributed by atoms with Crippen LogP contribution in [0.25, 0.3) is 0 Å². The second kappa shape index (κ2) is 10.1. The van der Waals surface area contributed by atoms with Crippen LogP contribution in [0.4, 0.5) is 0 Å². The Balaban J connectivity index is 2.19. The number of carbonyl (C=O) groups is 1. The minimum absolute atomic E-state index is 0.0178. The minimum Gasteiger partial charge on any atom is -0.273 e. The highest BCUT2D eigenvalue weighted by Gasteiger charge is 2.01. The van der Waals surface area contributed by atoms with E-state index < -0.39 is 0 Å². The predicted octanol–water partition coefficient (Wildman–Crippen LogP) is 3.67. The fourth-order valence-corrected chi connectivity index (χ4v) is 1.90. The van der Waals surface area contributed by atoms with Gasteiger partial charge in [0.05, 0.1) is 11.4 Å². The molecular weight excluding hydrogens is 250 g/mol. The Kier molecular flexibility index (Phi) is 8.27. The lowest BCUT2D eigenvalue weighted by atomic mass is 10.1. The van der Waals surface area contributed by atoms with Gasteiger partial charge in [-0.15, -0.1) is 0 Å². The summed E-state index contributed by atoms with van der Waals surface area (Å²) in [6.45, 7) is 4.04. The molecule has 0 bridgehead atoms. The van der Waals surface area contributed by atoms with Gasteiger partial charge in [0, 0.05) is 12.6 Å². The van der Waals surface area contributed by atoms with E-state index in [0.717, 1.165) is 24.2 Å². The Bertz CT molecular complexity index is 415. The number of nitrogens with one attached hydrogen (secondary N) is 1. The summed E-state index contributed by atoms with van der Waals surface area (Å²) in [6, 6.07) is 5.63. The van der Waals surface area contributed by atoms with Gasteiger partial charge in [0.1, 0.15) is 0 Å². The molecule has 1 heterocycles. The van der Waals surface area contributed by atoms with Crippen LogP contribution in [0.2, 0.25) is 0 Å². The lowest BCUT2D eigenvalue weighted by molar-refractivity contribution is -0.121. The van der Waals surface area contributed by atoms with Crippen molar-refractivity contribution < 1.29 is 4.79 Å². The summed E-state index contributed by atoms with van der Waals surface area (Å²) in [5, 5.41) is 4.08. The Morgan fingerprint density at radius 1 is 1.20 bits per heavy atom. The van der Waals surface area contributed by atoms with Crippen molar-refractivity contribution in [1.29, 1.82) is 0 Å². The maximum absolute atomic E-state index is 11.6. The van der Waals surface area contributed by atoms with Gasteiger partial charge in [-0.3, -0.25) is 9.78 Å². The number of hydrazone groups is 1. The third kappa shape index (κ3) is 7.02. The summed E-state index contributed by atoms with van der Waals surface area (Å²) in [4.78, 5) is 15.8. The van der Waals surface area contributed by atoms with Crippen molar-refractivity contribution >= 4 is 11.6 Å². The van der Waals surface area contributed by atoms with Gasteiger partial charge in [0.2, 0.25) is 5.91 Å². The molecule has 0 fully saturated rings. The van der Waals surface area contributed by atoms with Crippen LogP contribution in [0.15, 0.2) is 29.5 Å². The summed E-state index contributed by atoms with van der Waals surface area (Å²) in [7, 11) is 0. The average molecular weight is 275 g/mol. The van der Waals surface area contributed by atoms with Crippen molar-refractivity contribution in [2.24, 2.45) is 5.10 Å². The second-order valence-electron chi connectivity index (χ2n) is 4.96. The molecule has 0 aliphatic heterocycles. The fraction of sp³-hybridized carbons (Fsp3) is 0.562. The van der Waals surface area contributed by atoms with Crippen LogP contribution in [0, 0.1) is 0 Å². The largest absolute Gasteiger partial charge is 0.273 e. The normalized spacial score (nSPS) is 11.4. The van der Waals surface area contributed by atoms with Gasteiger partial charge in [-0.2, -0.15) is 5.10 Å². The van der Waals surface area contributed by atoms with Gasteiger partial charge in [-0.1, -0.05) is 45.1 Å². The Hall–Kier alpha value is -1.71. The number of carbonyl (C=O) groups excluding carboxylic acids is 1. The molecule has 4 nitrogen and oxygen atoms in total. The number of aromatic nitrogens is 1.